The first kappa shape index (κ1) is 17.2. The second-order valence-corrected chi connectivity index (χ2v) is 5.27. The third-order valence-corrected chi connectivity index (χ3v) is 3.48. The van der Waals surface area contributed by atoms with Crippen molar-refractivity contribution in [1.82, 2.24) is 0 Å². The van der Waals surface area contributed by atoms with E-state index >= 15 is 0 Å². The molecular formula is C16H24ClF. The van der Waals surface area contributed by atoms with Gasteiger partial charge in [0, 0.05) is 5.03 Å². The molecule has 0 amide bonds. The molecule has 102 valence electrons. The molecule has 0 saturated carbocycles. The maximum absolute atomic E-state index is 14.2. The molecule has 0 aliphatic carbocycles. The molecule has 0 saturated heterocycles. The highest BCUT2D eigenvalue weighted by Gasteiger charge is 2.24. The van der Waals surface area contributed by atoms with Crippen molar-refractivity contribution in [1.29, 1.82) is 0 Å². The first-order valence-corrected chi connectivity index (χ1v) is 6.63. The summed E-state index contributed by atoms with van der Waals surface area (Å²) in [5.74, 6) is 0. The van der Waals surface area contributed by atoms with Crippen molar-refractivity contribution in [2.75, 3.05) is 0 Å². The zero-order chi connectivity index (χ0) is 14.5. The second kappa shape index (κ2) is 6.94. The maximum Gasteiger partial charge on any atom is 0.130 e. The van der Waals surface area contributed by atoms with Crippen molar-refractivity contribution in [2.24, 2.45) is 0 Å². The van der Waals surface area contributed by atoms with Crippen LogP contribution in [0.15, 0.2) is 46.1 Å². The van der Waals surface area contributed by atoms with Gasteiger partial charge in [0.25, 0.3) is 0 Å². The van der Waals surface area contributed by atoms with Gasteiger partial charge < -0.3 is 0 Å². The smallest absolute Gasteiger partial charge is 0.130 e. The molecule has 0 heterocycles. The van der Waals surface area contributed by atoms with Crippen LogP contribution in [-0.4, -0.2) is 5.67 Å². The van der Waals surface area contributed by atoms with Crippen LogP contribution in [0, 0.1) is 0 Å². The predicted molar refractivity (Wildman–Crippen MR) is 80.7 cm³/mol. The van der Waals surface area contributed by atoms with Crippen molar-refractivity contribution >= 4 is 11.6 Å². The lowest BCUT2D eigenvalue weighted by molar-refractivity contribution is 0.272. The van der Waals surface area contributed by atoms with Gasteiger partial charge in [-0.05, 0) is 57.8 Å². The molecule has 0 aromatic carbocycles. The summed E-state index contributed by atoms with van der Waals surface area (Å²) in [6.07, 6.45) is 4.30. The van der Waals surface area contributed by atoms with Gasteiger partial charge in [0.15, 0.2) is 0 Å². The fraction of sp³-hybridized carbons (Fsp3) is 0.500. The van der Waals surface area contributed by atoms with E-state index in [2.05, 4.69) is 13.5 Å². The van der Waals surface area contributed by atoms with Crippen molar-refractivity contribution in [3.05, 3.63) is 46.1 Å². The quantitative estimate of drug-likeness (QED) is 0.529. The Morgan fingerprint density at radius 1 is 1.33 bits per heavy atom. The lowest BCUT2D eigenvalue weighted by atomic mass is 9.88. The van der Waals surface area contributed by atoms with Crippen LogP contribution in [0.5, 0.6) is 0 Å². The molecule has 0 nitrogen and oxygen atoms in total. The van der Waals surface area contributed by atoms with Crippen molar-refractivity contribution in [3.63, 3.8) is 0 Å². The van der Waals surface area contributed by atoms with Crippen LogP contribution < -0.4 is 0 Å². The summed E-state index contributed by atoms with van der Waals surface area (Å²) in [5.41, 5.74) is 2.11. The summed E-state index contributed by atoms with van der Waals surface area (Å²) in [6.45, 7) is 14.7. The van der Waals surface area contributed by atoms with Gasteiger partial charge >= 0.3 is 0 Å². The molecule has 0 bridgehead atoms. The highest BCUT2D eigenvalue weighted by atomic mass is 35.5. The molecular weight excluding hydrogens is 247 g/mol. The van der Waals surface area contributed by atoms with E-state index in [0.29, 0.717) is 10.6 Å². The van der Waals surface area contributed by atoms with Crippen molar-refractivity contribution in [3.8, 4) is 0 Å². The SMILES string of the molecule is C=C/C(=C(C)/C(=C(\C)CC)C(/Cl)=C\C)C(C)(C)F. The summed E-state index contributed by atoms with van der Waals surface area (Å²) in [6, 6.07) is 0. The Labute approximate surface area is 116 Å². The van der Waals surface area contributed by atoms with E-state index in [4.69, 9.17) is 11.6 Å². The third kappa shape index (κ3) is 4.13. The Morgan fingerprint density at radius 2 is 1.83 bits per heavy atom. The fourth-order valence-corrected chi connectivity index (χ4v) is 2.30. The van der Waals surface area contributed by atoms with E-state index < -0.39 is 5.67 Å². The van der Waals surface area contributed by atoms with E-state index in [1.165, 1.54) is 13.8 Å². The average Bonchev–Trinajstić information content (AvgIpc) is 2.27. The van der Waals surface area contributed by atoms with Gasteiger partial charge in [0.1, 0.15) is 5.67 Å². The van der Waals surface area contributed by atoms with Gasteiger partial charge in [-0.1, -0.05) is 42.8 Å². The van der Waals surface area contributed by atoms with E-state index in [1.54, 1.807) is 6.08 Å². The summed E-state index contributed by atoms with van der Waals surface area (Å²) in [7, 11) is 0. The van der Waals surface area contributed by atoms with Gasteiger partial charge in [-0.3, -0.25) is 0 Å². The Hall–Kier alpha value is -0.820. The molecule has 0 fully saturated rings. The van der Waals surface area contributed by atoms with E-state index in [-0.39, 0.29) is 0 Å². The van der Waals surface area contributed by atoms with Crippen LogP contribution in [0.1, 0.15) is 48.0 Å². The van der Waals surface area contributed by atoms with Gasteiger partial charge in [-0.15, -0.1) is 0 Å². The van der Waals surface area contributed by atoms with Crippen LogP contribution in [0.3, 0.4) is 0 Å². The molecule has 0 aromatic rings. The average molecular weight is 271 g/mol. The van der Waals surface area contributed by atoms with Crippen molar-refractivity contribution < 1.29 is 4.39 Å². The van der Waals surface area contributed by atoms with Crippen LogP contribution in [0.4, 0.5) is 4.39 Å². The molecule has 2 heteroatoms. The molecule has 0 spiro atoms. The number of hydrogen-bond donors (Lipinski definition) is 0. The summed E-state index contributed by atoms with van der Waals surface area (Å²) >= 11 is 6.26. The predicted octanol–water partition coefficient (Wildman–Crippen LogP) is 6.11. The Balaban J connectivity index is 6.12. The molecule has 0 unspecified atom stereocenters. The minimum atomic E-state index is -1.42. The largest absolute Gasteiger partial charge is 0.239 e. The van der Waals surface area contributed by atoms with E-state index in [9.17, 15) is 4.39 Å². The monoisotopic (exact) mass is 270 g/mol. The number of hydrogen-bond acceptors (Lipinski definition) is 0. The molecule has 0 atom stereocenters. The van der Waals surface area contributed by atoms with Gasteiger partial charge in [-0.25, -0.2) is 4.39 Å². The van der Waals surface area contributed by atoms with Gasteiger partial charge in [0.05, 0.1) is 0 Å². The lowest BCUT2D eigenvalue weighted by Crippen LogP contribution is -2.16. The Kier molecular flexibility index (Phi) is 6.62. The first-order chi connectivity index (χ1) is 8.20. The minimum absolute atomic E-state index is 0.588. The van der Waals surface area contributed by atoms with Crippen LogP contribution in [0.25, 0.3) is 0 Å². The summed E-state index contributed by atoms with van der Waals surface area (Å²) < 4.78 is 14.2. The molecule has 0 aliphatic rings. The molecule has 0 aromatic heterocycles. The molecule has 0 rings (SSSR count). The van der Waals surface area contributed by atoms with Gasteiger partial charge in [0.2, 0.25) is 0 Å². The Bertz CT molecular complexity index is 403. The normalized spacial score (nSPS) is 16.1. The van der Waals surface area contributed by atoms with Crippen LogP contribution in [-0.2, 0) is 0 Å². The highest BCUT2D eigenvalue weighted by Crippen LogP contribution is 2.34. The number of rotatable bonds is 5. The highest BCUT2D eigenvalue weighted by molar-refractivity contribution is 6.32. The van der Waals surface area contributed by atoms with Crippen LogP contribution in [0.2, 0.25) is 0 Å². The fourth-order valence-electron chi connectivity index (χ4n) is 2.00. The maximum atomic E-state index is 14.2. The number of alkyl halides is 1. The molecule has 0 radical (unpaired) electrons. The number of allylic oxidation sites excluding steroid dienone is 7. The van der Waals surface area contributed by atoms with Crippen LogP contribution >= 0.6 is 11.6 Å². The summed E-state index contributed by atoms with van der Waals surface area (Å²) in [4.78, 5) is 0. The number of halogens is 2. The van der Waals surface area contributed by atoms with E-state index in [1.807, 2.05) is 26.8 Å². The zero-order valence-electron chi connectivity index (χ0n) is 12.3. The van der Waals surface area contributed by atoms with Gasteiger partial charge in [-0.2, -0.15) is 0 Å². The topological polar surface area (TPSA) is 0 Å². The molecule has 18 heavy (non-hydrogen) atoms. The minimum Gasteiger partial charge on any atom is -0.239 e. The second-order valence-electron chi connectivity index (χ2n) is 4.86. The molecule has 0 aliphatic heterocycles. The summed E-state index contributed by atoms with van der Waals surface area (Å²) in [5, 5.41) is 0.662. The third-order valence-electron chi connectivity index (χ3n) is 3.07. The first-order valence-electron chi connectivity index (χ1n) is 6.25. The Morgan fingerprint density at radius 3 is 2.11 bits per heavy atom. The standard InChI is InChI=1S/C16H24ClF/c1-8-11(4)15(14(17)10-3)12(5)13(9-2)16(6,7)18/h9-10H,2,8H2,1,3-7H3/b13-12-,14-10+,15-11-. The lowest BCUT2D eigenvalue weighted by Gasteiger charge is -2.22. The molecule has 0 N–H and O–H groups in total. The zero-order valence-corrected chi connectivity index (χ0v) is 13.1. The van der Waals surface area contributed by atoms with Crippen molar-refractivity contribution in [2.45, 2.75) is 53.6 Å². The van der Waals surface area contributed by atoms with E-state index in [0.717, 1.165) is 23.1 Å².